The van der Waals surface area contributed by atoms with Crippen LogP contribution in [0.1, 0.15) is 11.1 Å². The van der Waals surface area contributed by atoms with Gasteiger partial charge in [-0.2, -0.15) is 0 Å². The number of rotatable bonds is 6. The fourth-order valence-electron chi connectivity index (χ4n) is 3.19. The summed E-state index contributed by atoms with van der Waals surface area (Å²) in [6, 6.07) is 17.4. The maximum absolute atomic E-state index is 12.1. The molecule has 1 aromatic carbocycles. The molecule has 0 radical (unpaired) electrons. The Hall–Kier alpha value is -3.64. The van der Waals surface area contributed by atoms with Crippen LogP contribution in [0.5, 0.6) is 0 Å². The van der Waals surface area contributed by atoms with Crippen molar-refractivity contribution in [2.75, 3.05) is 7.05 Å². The second-order valence-corrected chi connectivity index (χ2v) is 6.95. The Labute approximate surface area is 168 Å². The molecule has 0 amide bonds. The van der Waals surface area contributed by atoms with Crippen molar-refractivity contribution >= 4 is 0 Å². The quantitative estimate of drug-likeness (QED) is 0.551. The van der Waals surface area contributed by atoms with Gasteiger partial charge < -0.3 is 4.98 Å². The SMILES string of the molecule is CN(Cc1ccncc1)Cc1ccc(-c2nc(-c3cccnc3)cc(=O)[nH]2)cc1. The zero-order valence-electron chi connectivity index (χ0n) is 16.1. The molecular formula is C23H21N5O. The molecule has 3 aromatic heterocycles. The lowest BCUT2D eigenvalue weighted by molar-refractivity contribution is 0.319. The lowest BCUT2D eigenvalue weighted by atomic mass is 10.1. The van der Waals surface area contributed by atoms with Gasteiger partial charge in [-0.15, -0.1) is 0 Å². The Morgan fingerprint density at radius 1 is 0.862 bits per heavy atom. The number of benzene rings is 1. The van der Waals surface area contributed by atoms with Crippen LogP contribution in [0.25, 0.3) is 22.6 Å². The van der Waals surface area contributed by atoms with Gasteiger partial charge in [-0.05, 0) is 42.4 Å². The molecule has 0 aliphatic carbocycles. The van der Waals surface area contributed by atoms with Gasteiger partial charge in [0.05, 0.1) is 5.69 Å². The third kappa shape index (κ3) is 4.80. The van der Waals surface area contributed by atoms with Gasteiger partial charge in [0.15, 0.2) is 0 Å². The molecule has 6 heteroatoms. The first-order valence-corrected chi connectivity index (χ1v) is 9.36. The molecule has 0 aliphatic heterocycles. The second kappa shape index (κ2) is 8.58. The van der Waals surface area contributed by atoms with Crippen LogP contribution in [0, 0.1) is 0 Å². The Morgan fingerprint density at radius 3 is 2.28 bits per heavy atom. The van der Waals surface area contributed by atoms with Crippen LogP contribution in [0.3, 0.4) is 0 Å². The maximum Gasteiger partial charge on any atom is 0.251 e. The van der Waals surface area contributed by atoms with Gasteiger partial charge in [-0.1, -0.05) is 24.3 Å². The molecule has 3 heterocycles. The van der Waals surface area contributed by atoms with Crippen LogP contribution in [0.2, 0.25) is 0 Å². The number of hydrogen-bond acceptors (Lipinski definition) is 5. The molecule has 0 bridgehead atoms. The minimum Gasteiger partial charge on any atom is -0.306 e. The second-order valence-electron chi connectivity index (χ2n) is 6.95. The van der Waals surface area contributed by atoms with E-state index in [0.717, 1.165) is 24.2 Å². The van der Waals surface area contributed by atoms with E-state index in [9.17, 15) is 4.79 Å². The summed E-state index contributed by atoms with van der Waals surface area (Å²) in [5.74, 6) is 0.549. The van der Waals surface area contributed by atoms with E-state index in [0.29, 0.717) is 11.5 Å². The topological polar surface area (TPSA) is 74.8 Å². The number of aromatic nitrogens is 4. The van der Waals surface area contributed by atoms with Crippen LogP contribution in [-0.2, 0) is 13.1 Å². The van der Waals surface area contributed by atoms with Gasteiger partial charge in [0.1, 0.15) is 5.82 Å². The molecule has 0 saturated heterocycles. The third-order valence-electron chi connectivity index (χ3n) is 4.58. The lowest BCUT2D eigenvalue weighted by Crippen LogP contribution is -2.17. The summed E-state index contributed by atoms with van der Waals surface area (Å²) in [5.41, 5.74) is 4.53. The molecular weight excluding hydrogens is 362 g/mol. The summed E-state index contributed by atoms with van der Waals surface area (Å²) >= 11 is 0. The van der Waals surface area contributed by atoms with Gasteiger partial charge in [-0.3, -0.25) is 19.7 Å². The van der Waals surface area contributed by atoms with Crippen LogP contribution in [-0.4, -0.2) is 31.9 Å². The summed E-state index contributed by atoms with van der Waals surface area (Å²) in [4.78, 5) is 29.9. The van der Waals surface area contributed by atoms with E-state index >= 15 is 0 Å². The average Bonchev–Trinajstić information content (AvgIpc) is 2.75. The number of pyridine rings is 2. The monoisotopic (exact) mass is 383 g/mol. The highest BCUT2D eigenvalue weighted by Gasteiger charge is 2.07. The first kappa shape index (κ1) is 18.7. The molecule has 0 fully saturated rings. The van der Waals surface area contributed by atoms with E-state index < -0.39 is 0 Å². The Kier molecular flexibility index (Phi) is 5.54. The molecule has 0 spiro atoms. The van der Waals surface area contributed by atoms with Crippen LogP contribution >= 0.6 is 0 Å². The highest BCUT2D eigenvalue weighted by molar-refractivity contribution is 5.62. The average molecular weight is 383 g/mol. The van der Waals surface area contributed by atoms with E-state index in [2.05, 4.69) is 44.0 Å². The standard InChI is InChI=1S/C23H21N5O/c1-28(16-18-8-11-24-12-9-18)15-17-4-6-19(7-5-17)23-26-21(13-22(29)27-23)20-3-2-10-25-14-20/h2-14H,15-16H2,1H3,(H,26,27,29). The molecule has 4 rings (SSSR count). The molecule has 144 valence electrons. The Morgan fingerprint density at radius 2 is 1.59 bits per heavy atom. The summed E-state index contributed by atoms with van der Waals surface area (Å²) in [7, 11) is 2.09. The summed E-state index contributed by atoms with van der Waals surface area (Å²) in [6.45, 7) is 1.68. The van der Waals surface area contributed by atoms with Crippen molar-refractivity contribution in [1.29, 1.82) is 0 Å². The van der Waals surface area contributed by atoms with Crippen LogP contribution < -0.4 is 5.56 Å². The van der Waals surface area contributed by atoms with Gasteiger partial charge in [0, 0.05) is 55.1 Å². The summed E-state index contributed by atoms with van der Waals surface area (Å²) in [5, 5.41) is 0. The molecule has 0 unspecified atom stereocenters. The highest BCUT2D eigenvalue weighted by atomic mass is 16.1. The van der Waals surface area contributed by atoms with Gasteiger partial charge in [-0.25, -0.2) is 4.98 Å². The summed E-state index contributed by atoms with van der Waals surface area (Å²) < 4.78 is 0. The molecule has 29 heavy (non-hydrogen) atoms. The number of nitrogens with one attached hydrogen (secondary N) is 1. The van der Waals surface area contributed by atoms with Crippen molar-refractivity contribution in [2.24, 2.45) is 0 Å². The van der Waals surface area contributed by atoms with Crippen molar-refractivity contribution in [3.05, 3.63) is 101 Å². The largest absolute Gasteiger partial charge is 0.306 e. The fourth-order valence-corrected chi connectivity index (χ4v) is 3.19. The van der Waals surface area contributed by atoms with E-state index in [-0.39, 0.29) is 5.56 Å². The van der Waals surface area contributed by atoms with Gasteiger partial charge >= 0.3 is 0 Å². The van der Waals surface area contributed by atoms with Crippen molar-refractivity contribution < 1.29 is 0 Å². The van der Waals surface area contributed by atoms with Crippen molar-refractivity contribution in [2.45, 2.75) is 13.1 Å². The van der Waals surface area contributed by atoms with Crippen LogP contribution in [0.4, 0.5) is 0 Å². The van der Waals surface area contributed by atoms with Crippen LogP contribution in [0.15, 0.2) is 84.2 Å². The molecule has 0 atom stereocenters. The normalized spacial score (nSPS) is 11.0. The smallest absolute Gasteiger partial charge is 0.251 e. The molecule has 1 N–H and O–H groups in total. The molecule has 0 saturated carbocycles. The number of hydrogen-bond donors (Lipinski definition) is 1. The van der Waals surface area contributed by atoms with Gasteiger partial charge in [0.25, 0.3) is 5.56 Å². The number of H-pyrrole nitrogens is 1. The zero-order chi connectivity index (χ0) is 20.1. The van der Waals surface area contributed by atoms with E-state index in [4.69, 9.17) is 0 Å². The Bertz CT molecular complexity index is 1130. The predicted octanol–water partition coefficient (Wildman–Crippen LogP) is 3.53. The minimum absolute atomic E-state index is 0.185. The number of nitrogens with zero attached hydrogens (tertiary/aromatic N) is 4. The molecule has 0 aliphatic rings. The van der Waals surface area contributed by atoms with E-state index in [1.807, 2.05) is 48.8 Å². The zero-order valence-corrected chi connectivity index (χ0v) is 16.1. The van der Waals surface area contributed by atoms with Crippen molar-refractivity contribution in [3.8, 4) is 22.6 Å². The minimum atomic E-state index is -0.185. The van der Waals surface area contributed by atoms with E-state index in [1.165, 1.54) is 17.2 Å². The molecule has 6 nitrogen and oxygen atoms in total. The molecule has 4 aromatic rings. The first-order valence-electron chi connectivity index (χ1n) is 9.36. The first-order chi connectivity index (χ1) is 14.2. The van der Waals surface area contributed by atoms with Gasteiger partial charge in [0.2, 0.25) is 0 Å². The Balaban J connectivity index is 1.51. The third-order valence-corrected chi connectivity index (χ3v) is 4.58. The predicted molar refractivity (Wildman–Crippen MR) is 113 cm³/mol. The highest BCUT2D eigenvalue weighted by Crippen LogP contribution is 2.20. The van der Waals surface area contributed by atoms with Crippen molar-refractivity contribution in [1.82, 2.24) is 24.8 Å². The van der Waals surface area contributed by atoms with E-state index in [1.54, 1.807) is 12.4 Å². The lowest BCUT2D eigenvalue weighted by Gasteiger charge is -2.17. The number of aromatic amines is 1. The van der Waals surface area contributed by atoms with Crippen molar-refractivity contribution in [3.63, 3.8) is 0 Å². The fraction of sp³-hybridized carbons (Fsp3) is 0.130. The summed E-state index contributed by atoms with van der Waals surface area (Å²) in [6.07, 6.45) is 7.02. The maximum atomic E-state index is 12.1.